The smallest absolute Gasteiger partial charge is 0.410 e. The number of alkyl carbamates (subject to hydrolysis) is 1. The molecule has 0 aliphatic carbocycles. The number of hydrogen-bond acceptors (Lipinski definition) is 5. The summed E-state index contributed by atoms with van der Waals surface area (Å²) in [6.45, 7) is 6.20. The van der Waals surface area contributed by atoms with Crippen LogP contribution in [0.1, 0.15) is 27.7 Å². The molecule has 0 rings (SSSR count). The van der Waals surface area contributed by atoms with E-state index in [0.717, 1.165) is 0 Å². The van der Waals surface area contributed by atoms with E-state index in [4.69, 9.17) is 14.0 Å². The van der Waals surface area contributed by atoms with Gasteiger partial charge in [0.05, 0.1) is 18.2 Å². The summed E-state index contributed by atoms with van der Waals surface area (Å²) < 4.78 is 41.9. The average Bonchev–Trinajstić information content (AvgIpc) is 2.34. The number of hydrogen-bond donors (Lipinski definition) is 2. The first-order chi connectivity index (χ1) is 9.63. The van der Waals surface area contributed by atoms with Crippen LogP contribution >= 0.6 is 0 Å². The van der Waals surface area contributed by atoms with Crippen molar-refractivity contribution in [2.45, 2.75) is 40.2 Å². The highest BCUT2D eigenvalue weighted by molar-refractivity contribution is 7.79. The monoisotopic (exact) mass is 327 g/mol. The molecule has 0 aliphatic heterocycles. The Bertz CT molecular complexity index is 377. The van der Waals surface area contributed by atoms with Crippen LogP contribution in [-0.2, 0) is 25.3 Å². The predicted molar refractivity (Wildman–Crippen MR) is 74.6 cm³/mol. The molecule has 3 atom stereocenters. The molecule has 9 heteroatoms. The Hall–Kier alpha value is -1.22. The minimum atomic E-state index is -2.28. The normalized spacial score (nSPS) is 15.4. The number of carbonyl (C=O) groups is 2. The fourth-order valence-corrected chi connectivity index (χ4v) is 1.53. The van der Waals surface area contributed by atoms with Crippen molar-refractivity contribution in [1.29, 1.82) is 0 Å². The standard InChI is InChI=1S/C12H22FNO6S/c1-7(2)10(15)19-11(8(3)4)20-12(16)14-5-9(13)6-21(17)18/h7-9,11H,5-6H2,1-4H3,(H,14,16)(H,17,18)/t9-,11-/m0/s1. The molecule has 124 valence electrons. The first-order valence-electron chi connectivity index (χ1n) is 6.50. The number of halogens is 1. The summed E-state index contributed by atoms with van der Waals surface area (Å²) in [4.78, 5) is 22.9. The third-order valence-corrected chi connectivity index (χ3v) is 2.91. The van der Waals surface area contributed by atoms with Crippen LogP contribution in [0.15, 0.2) is 0 Å². The molecular weight excluding hydrogens is 305 g/mol. The predicted octanol–water partition coefficient (Wildman–Crippen LogP) is 1.45. The zero-order valence-electron chi connectivity index (χ0n) is 12.5. The molecule has 0 saturated heterocycles. The maximum Gasteiger partial charge on any atom is 0.410 e. The SMILES string of the molecule is CC(C)C(=O)O[C@@H](OC(=O)NC[C@H](F)CS(=O)O)C(C)C. The van der Waals surface area contributed by atoms with Crippen LogP contribution in [0.5, 0.6) is 0 Å². The van der Waals surface area contributed by atoms with E-state index in [9.17, 15) is 18.2 Å². The number of ether oxygens (including phenoxy) is 2. The Morgan fingerprint density at radius 3 is 2.24 bits per heavy atom. The van der Waals surface area contributed by atoms with E-state index in [1.54, 1.807) is 27.7 Å². The van der Waals surface area contributed by atoms with E-state index in [-0.39, 0.29) is 11.8 Å². The highest BCUT2D eigenvalue weighted by atomic mass is 32.2. The van der Waals surface area contributed by atoms with Gasteiger partial charge in [-0.25, -0.2) is 13.4 Å². The number of amides is 1. The van der Waals surface area contributed by atoms with E-state index in [2.05, 4.69) is 5.32 Å². The Kier molecular flexibility index (Phi) is 9.11. The lowest BCUT2D eigenvalue weighted by Crippen LogP contribution is -2.38. The molecule has 0 heterocycles. The van der Waals surface area contributed by atoms with Crippen molar-refractivity contribution in [3.8, 4) is 0 Å². The second-order valence-electron chi connectivity index (χ2n) is 5.08. The molecule has 21 heavy (non-hydrogen) atoms. The molecule has 0 bridgehead atoms. The van der Waals surface area contributed by atoms with Gasteiger partial charge in [0.2, 0.25) is 0 Å². The van der Waals surface area contributed by atoms with Gasteiger partial charge >= 0.3 is 12.1 Å². The van der Waals surface area contributed by atoms with Gasteiger partial charge in [-0.1, -0.05) is 27.7 Å². The van der Waals surface area contributed by atoms with Gasteiger partial charge in [0.15, 0.2) is 11.1 Å². The van der Waals surface area contributed by atoms with Crippen molar-refractivity contribution in [2.24, 2.45) is 11.8 Å². The summed E-state index contributed by atoms with van der Waals surface area (Å²) in [5.74, 6) is -1.76. The van der Waals surface area contributed by atoms with Gasteiger partial charge in [-0.3, -0.25) is 4.79 Å². The molecule has 0 fully saturated rings. The third-order valence-electron chi connectivity index (χ3n) is 2.26. The summed E-state index contributed by atoms with van der Waals surface area (Å²) in [6, 6.07) is 0. The molecular formula is C12H22FNO6S. The second kappa shape index (κ2) is 9.67. The van der Waals surface area contributed by atoms with Crippen LogP contribution in [-0.4, -0.2) is 45.6 Å². The summed E-state index contributed by atoms with van der Waals surface area (Å²) >= 11 is -2.28. The average molecular weight is 327 g/mol. The largest absolute Gasteiger partial charge is 0.425 e. The van der Waals surface area contributed by atoms with E-state index in [1.165, 1.54) is 0 Å². The Morgan fingerprint density at radius 2 is 1.81 bits per heavy atom. The van der Waals surface area contributed by atoms with Crippen molar-refractivity contribution in [1.82, 2.24) is 5.32 Å². The first-order valence-corrected chi connectivity index (χ1v) is 7.77. The van der Waals surface area contributed by atoms with Crippen LogP contribution in [0.2, 0.25) is 0 Å². The molecule has 1 unspecified atom stereocenters. The van der Waals surface area contributed by atoms with Crippen LogP contribution < -0.4 is 5.32 Å². The molecule has 0 spiro atoms. The third kappa shape index (κ3) is 9.35. The summed E-state index contributed by atoms with van der Waals surface area (Å²) in [5.41, 5.74) is 0. The van der Waals surface area contributed by atoms with Crippen LogP contribution in [0.4, 0.5) is 9.18 Å². The molecule has 0 aliphatic rings. The molecule has 2 N–H and O–H groups in total. The quantitative estimate of drug-likeness (QED) is 0.397. The maximum absolute atomic E-state index is 13.1. The molecule has 0 aromatic rings. The molecule has 0 saturated carbocycles. The van der Waals surface area contributed by atoms with Crippen LogP contribution in [0, 0.1) is 11.8 Å². The Morgan fingerprint density at radius 1 is 1.24 bits per heavy atom. The Labute approximate surface area is 125 Å². The zero-order chi connectivity index (χ0) is 16.6. The number of nitrogens with one attached hydrogen (secondary N) is 1. The number of rotatable bonds is 8. The van der Waals surface area contributed by atoms with Gasteiger partial charge in [0.1, 0.15) is 6.17 Å². The number of esters is 1. The minimum Gasteiger partial charge on any atom is -0.425 e. The van der Waals surface area contributed by atoms with Gasteiger partial charge < -0.3 is 19.3 Å². The molecule has 0 aromatic heterocycles. The minimum absolute atomic E-state index is 0.274. The van der Waals surface area contributed by atoms with E-state index in [0.29, 0.717) is 0 Å². The molecule has 0 aromatic carbocycles. The molecule has 7 nitrogen and oxygen atoms in total. The molecule has 1 amide bonds. The topological polar surface area (TPSA) is 102 Å². The van der Waals surface area contributed by atoms with Crippen molar-refractivity contribution in [2.75, 3.05) is 12.3 Å². The van der Waals surface area contributed by atoms with Crippen LogP contribution in [0.3, 0.4) is 0 Å². The molecule has 0 radical (unpaired) electrons. The fourth-order valence-electron chi connectivity index (χ4n) is 1.10. The lowest BCUT2D eigenvalue weighted by molar-refractivity contribution is -0.178. The van der Waals surface area contributed by atoms with Crippen molar-refractivity contribution < 1.29 is 32.2 Å². The van der Waals surface area contributed by atoms with Gasteiger partial charge in [0, 0.05) is 5.92 Å². The maximum atomic E-state index is 13.1. The second-order valence-corrected chi connectivity index (χ2v) is 6.05. The zero-order valence-corrected chi connectivity index (χ0v) is 13.3. The van der Waals surface area contributed by atoms with Crippen molar-refractivity contribution in [3.05, 3.63) is 0 Å². The summed E-state index contributed by atoms with van der Waals surface area (Å²) in [5, 5.41) is 2.10. The van der Waals surface area contributed by atoms with Crippen molar-refractivity contribution >= 4 is 23.1 Å². The van der Waals surface area contributed by atoms with Gasteiger partial charge in [-0.15, -0.1) is 0 Å². The highest BCUT2D eigenvalue weighted by Crippen LogP contribution is 2.11. The Balaban J connectivity index is 4.29. The van der Waals surface area contributed by atoms with Crippen molar-refractivity contribution in [3.63, 3.8) is 0 Å². The number of alkyl halides is 1. The van der Waals surface area contributed by atoms with E-state index in [1.807, 2.05) is 0 Å². The lowest BCUT2D eigenvalue weighted by Gasteiger charge is -2.22. The first kappa shape index (κ1) is 19.8. The van der Waals surface area contributed by atoms with Crippen LogP contribution in [0.25, 0.3) is 0 Å². The highest BCUT2D eigenvalue weighted by Gasteiger charge is 2.24. The summed E-state index contributed by atoms with van der Waals surface area (Å²) in [7, 11) is 0. The van der Waals surface area contributed by atoms with E-state index >= 15 is 0 Å². The van der Waals surface area contributed by atoms with Gasteiger partial charge in [0.25, 0.3) is 6.29 Å². The lowest BCUT2D eigenvalue weighted by atomic mass is 10.2. The summed E-state index contributed by atoms with van der Waals surface area (Å²) in [6.07, 6.45) is -3.71. The van der Waals surface area contributed by atoms with Gasteiger partial charge in [-0.2, -0.15) is 0 Å². The van der Waals surface area contributed by atoms with E-state index < -0.39 is 47.9 Å². The fraction of sp³-hybridized carbons (Fsp3) is 0.833. The van der Waals surface area contributed by atoms with Gasteiger partial charge in [-0.05, 0) is 0 Å². The number of carbonyl (C=O) groups excluding carboxylic acids is 2.